The van der Waals surface area contributed by atoms with Crippen LogP contribution in [0.2, 0.25) is 0 Å². The molecule has 0 bridgehead atoms. The van der Waals surface area contributed by atoms with Crippen LogP contribution in [0.25, 0.3) is 21.6 Å². The number of carbonyl (C=O) groups is 1. The Balaban J connectivity index is 1.16. The fourth-order valence-corrected chi connectivity index (χ4v) is 14.4. The molecule has 1 aromatic heterocycles. The van der Waals surface area contributed by atoms with E-state index in [-0.39, 0.29) is 37.3 Å². The number of aliphatic hydroxyl groups is 5. The monoisotopic (exact) mass is 1070 g/mol. The number of rotatable bonds is 13. The average molecular weight is 1070 g/mol. The maximum atomic E-state index is 14.7. The SMILES string of the molecule is CC[C@H]1OC(=O)[C@H](C)[C@@H](O[C@H]2C[C@@](C)(OC)[C@@H](O)[C@H](C)O2)[C@H](C)[C@@H](O[C@@H]2O[C@H](C)C[C@H](N(C)C)[C@H]2O)[C@](C)(O)C[C@@H](C)CN(CCCNCc2cc3c(s2)-c2ccccc2Sc2ccccc2-3)[C@H](C)[C@@H](O)[C@]1(C)O. The minimum Gasteiger partial charge on any atom is -0.459 e. The number of cyclic esters (lactones) is 1. The zero-order chi connectivity index (χ0) is 54.0. The van der Waals surface area contributed by atoms with Crippen molar-refractivity contribution in [2.24, 2.45) is 17.8 Å². The van der Waals surface area contributed by atoms with E-state index >= 15 is 0 Å². The molecule has 6 N–H and O–H groups in total. The van der Waals surface area contributed by atoms with Crippen molar-refractivity contribution in [2.75, 3.05) is 40.8 Å². The molecule has 0 saturated carbocycles. The zero-order valence-corrected chi connectivity index (χ0v) is 47.7. The number of nitrogens with one attached hydrogen (secondary N) is 1. The van der Waals surface area contributed by atoms with Gasteiger partial charge in [-0.05, 0) is 131 Å². The van der Waals surface area contributed by atoms with Gasteiger partial charge in [-0.3, -0.25) is 9.69 Å². The number of thiophene rings is 1. The second kappa shape index (κ2) is 24.6. The van der Waals surface area contributed by atoms with Gasteiger partial charge in [0.05, 0.1) is 41.5 Å². The Hall–Kier alpha value is -2.56. The summed E-state index contributed by atoms with van der Waals surface area (Å²) in [4.78, 5) is 23.8. The number of carbonyl (C=O) groups excluding carboxylic acids is 1. The van der Waals surface area contributed by atoms with E-state index in [1.54, 1.807) is 34.6 Å². The molecule has 3 saturated heterocycles. The van der Waals surface area contributed by atoms with E-state index < -0.39 is 96.0 Å². The summed E-state index contributed by atoms with van der Waals surface area (Å²) in [6, 6.07) is 18.6. The molecular formula is C57H87N3O12S2. The third kappa shape index (κ3) is 13.0. The fourth-order valence-electron chi connectivity index (χ4n) is 12.1. The van der Waals surface area contributed by atoms with Crippen molar-refractivity contribution in [1.82, 2.24) is 15.1 Å². The first kappa shape index (κ1) is 59.1. The molecule has 2 aromatic carbocycles. The molecular weight excluding hydrogens is 983 g/mol. The van der Waals surface area contributed by atoms with E-state index in [2.05, 4.69) is 71.7 Å². The predicted octanol–water partition coefficient (Wildman–Crippen LogP) is 7.31. The molecule has 4 aliphatic rings. The van der Waals surface area contributed by atoms with Crippen molar-refractivity contribution in [3.63, 3.8) is 0 Å². The molecule has 7 rings (SSSR count). The van der Waals surface area contributed by atoms with Crippen LogP contribution in [0.15, 0.2) is 64.4 Å². The van der Waals surface area contributed by atoms with Gasteiger partial charge in [-0.25, -0.2) is 0 Å². The summed E-state index contributed by atoms with van der Waals surface area (Å²) in [5, 5.41) is 64.3. The Morgan fingerprint density at radius 3 is 2.20 bits per heavy atom. The molecule has 5 heterocycles. The van der Waals surface area contributed by atoms with Crippen molar-refractivity contribution in [3.05, 3.63) is 59.5 Å². The van der Waals surface area contributed by atoms with Gasteiger partial charge >= 0.3 is 5.97 Å². The Morgan fingerprint density at radius 1 is 0.878 bits per heavy atom. The smallest absolute Gasteiger partial charge is 0.311 e. The number of nitrogens with zero attached hydrogens (tertiary/aromatic N) is 2. The van der Waals surface area contributed by atoms with Gasteiger partial charge in [0.25, 0.3) is 0 Å². The quantitative estimate of drug-likeness (QED) is 0.0577. The summed E-state index contributed by atoms with van der Waals surface area (Å²) < 4.78 is 38.4. The number of aliphatic hydroxyl groups excluding tert-OH is 3. The Morgan fingerprint density at radius 2 is 1.54 bits per heavy atom. The molecule has 4 aliphatic heterocycles. The largest absolute Gasteiger partial charge is 0.459 e. The van der Waals surface area contributed by atoms with Crippen LogP contribution in [0.1, 0.15) is 106 Å². The number of fused-ring (bicyclic) bond motifs is 5. The van der Waals surface area contributed by atoms with E-state index in [4.69, 9.17) is 28.4 Å². The van der Waals surface area contributed by atoms with Gasteiger partial charge in [0.15, 0.2) is 12.6 Å². The third-order valence-corrected chi connectivity index (χ3v) is 18.8. The Kier molecular flexibility index (Phi) is 19.7. The second-order valence-electron chi connectivity index (χ2n) is 22.8. The number of benzene rings is 2. The molecule has 0 spiro atoms. The molecule has 0 radical (unpaired) electrons. The molecule has 0 unspecified atom stereocenters. The lowest BCUT2D eigenvalue weighted by Crippen LogP contribution is -2.60. The lowest BCUT2D eigenvalue weighted by atomic mass is 9.77. The van der Waals surface area contributed by atoms with Crippen LogP contribution in [0.4, 0.5) is 0 Å². The van der Waals surface area contributed by atoms with Gasteiger partial charge in [0.1, 0.15) is 30.0 Å². The Bertz CT molecular complexity index is 2250. The van der Waals surface area contributed by atoms with Crippen LogP contribution in [-0.4, -0.2) is 172 Å². The van der Waals surface area contributed by atoms with Crippen molar-refractivity contribution >= 4 is 29.1 Å². The van der Waals surface area contributed by atoms with Crippen LogP contribution in [-0.2, 0) is 39.8 Å². The van der Waals surface area contributed by atoms with Crippen LogP contribution in [0.3, 0.4) is 0 Å². The van der Waals surface area contributed by atoms with Crippen LogP contribution >= 0.6 is 23.1 Å². The van der Waals surface area contributed by atoms with Crippen molar-refractivity contribution in [3.8, 4) is 21.6 Å². The Labute approximate surface area is 448 Å². The van der Waals surface area contributed by atoms with Crippen molar-refractivity contribution in [2.45, 2.75) is 208 Å². The number of hydrogen-bond acceptors (Lipinski definition) is 17. The fraction of sp³-hybridized carbons (Fsp3) is 0.702. The van der Waals surface area contributed by atoms with Gasteiger partial charge in [-0.1, -0.05) is 68.9 Å². The molecule has 0 amide bonds. The summed E-state index contributed by atoms with van der Waals surface area (Å²) in [6.45, 7) is 20.3. The first-order chi connectivity index (χ1) is 34.9. The molecule has 3 aromatic rings. The van der Waals surface area contributed by atoms with Gasteiger partial charge in [-0.15, -0.1) is 11.3 Å². The highest BCUT2D eigenvalue weighted by molar-refractivity contribution is 7.99. The summed E-state index contributed by atoms with van der Waals surface area (Å²) in [5.74, 6) is -2.73. The van der Waals surface area contributed by atoms with Gasteiger partial charge in [0.2, 0.25) is 0 Å². The van der Waals surface area contributed by atoms with E-state index in [9.17, 15) is 30.3 Å². The van der Waals surface area contributed by atoms with Crippen molar-refractivity contribution < 1.29 is 58.7 Å². The van der Waals surface area contributed by atoms with Crippen LogP contribution in [0.5, 0.6) is 0 Å². The molecule has 3 fully saturated rings. The van der Waals surface area contributed by atoms with E-state index in [0.717, 1.165) is 0 Å². The zero-order valence-electron chi connectivity index (χ0n) is 46.0. The number of hydrogen-bond donors (Lipinski definition) is 6. The van der Waals surface area contributed by atoms with Crippen LogP contribution in [0, 0.1) is 17.8 Å². The highest BCUT2D eigenvalue weighted by Gasteiger charge is 2.53. The number of ether oxygens (including phenoxy) is 6. The average Bonchev–Trinajstić information content (AvgIpc) is 3.73. The maximum Gasteiger partial charge on any atom is 0.311 e. The topological polar surface area (TPSA) is 192 Å². The third-order valence-electron chi connectivity index (χ3n) is 16.4. The van der Waals surface area contributed by atoms with Crippen LogP contribution < -0.4 is 5.32 Å². The van der Waals surface area contributed by atoms with E-state index in [0.29, 0.717) is 39.0 Å². The molecule has 15 nitrogen and oxygen atoms in total. The predicted molar refractivity (Wildman–Crippen MR) is 289 cm³/mol. The van der Waals surface area contributed by atoms with Gasteiger partial charge < -0.3 is 64.2 Å². The summed E-state index contributed by atoms with van der Waals surface area (Å²) in [7, 11) is 5.32. The minimum absolute atomic E-state index is 0.117. The lowest BCUT2D eigenvalue weighted by molar-refractivity contribution is -0.318. The number of esters is 1. The van der Waals surface area contributed by atoms with E-state index in [1.165, 1.54) is 50.3 Å². The molecule has 414 valence electrons. The number of likely N-dealkylation sites (N-methyl/N-ethyl adjacent to an activating group) is 1. The summed E-state index contributed by atoms with van der Waals surface area (Å²) >= 11 is 3.63. The lowest BCUT2D eigenvalue weighted by Gasteiger charge is -2.48. The maximum absolute atomic E-state index is 14.7. The number of methoxy groups -OCH3 is 1. The first-order valence-corrected chi connectivity index (χ1v) is 28.5. The highest BCUT2D eigenvalue weighted by Crippen LogP contribution is 2.51. The molecule has 18 atom stereocenters. The summed E-state index contributed by atoms with van der Waals surface area (Å²) in [6.07, 6.45) is -7.93. The van der Waals surface area contributed by atoms with Gasteiger partial charge in [-0.2, -0.15) is 0 Å². The standard InChI is InChI=1S/C57H87N3O12S2/c1-14-45-57(10,66)50(62)36(6)60(25-19-24-58-30-38-27-41-39-20-15-17-22-43(39)74-44-23-18-16-21-40(44)49(41)73-38)31-32(2)28-55(8,65)52(72-54-47(61)42(59(11)12)26-33(3)68-54)34(4)48(35(5)53(64)70-45)71-46-29-56(9,67-13)51(63)37(7)69-46/h15-18,20-23,27,32-37,42,45-48,50-52,54,58,61-63,65-66H,14,19,24-26,28-31H2,1-13H3/t32-,33-,34+,35-,36-,37+,42+,45-,46+,47-,48+,50-,51+,52-,54+,55-,56-,57-/m1/s1. The first-order valence-electron chi connectivity index (χ1n) is 26.9. The molecule has 17 heteroatoms. The highest BCUT2D eigenvalue weighted by atomic mass is 32.2. The van der Waals surface area contributed by atoms with Gasteiger partial charge in [0, 0.05) is 75.3 Å². The normalized spacial score (nSPS) is 38.7. The van der Waals surface area contributed by atoms with Crippen molar-refractivity contribution in [1.29, 1.82) is 0 Å². The minimum atomic E-state index is -1.87. The van der Waals surface area contributed by atoms with E-state index in [1.807, 2.05) is 62.9 Å². The molecule has 0 aliphatic carbocycles. The second-order valence-corrected chi connectivity index (χ2v) is 25.0. The molecule has 74 heavy (non-hydrogen) atoms. The summed E-state index contributed by atoms with van der Waals surface area (Å²) in [5.41, 5.74) is -0.811.